The maximum atomic E-state index is 12.2. The van der Waals surface area contributed by atoms with Gasteiger partial charge in [0.25, 0.3) is 5.91 Å². The van der Waals surface area contributed by atoms with Gasteiger partial charge in [0.1, 0.15) is 5.75 Å². The SMILES string of the molecule is COc1ccc(C(=O)Nc2cc(C(N)=O)cc(C(N)=O)c2)cc1. The van der Waals surface area contributed by atoms with Crippen LogP contribution in [0.15, 0.2) is 42.5 Å². The largest absolute Gasteiger partial charge is 0.497 e. The number of carbonyl (C=O) groups is 3. The summed E-state index contributed by atoms with van der Waals surface area (Å²) in [5.41, 5.74) is 11.2. The van der Waals surface area contributed by atoms with Gasteiger partial charge in [-0.3, -0.25) is 14.4 Å². The zero-order chi connectivity index (χ0) is 17.0. The first-order valence-electron chi connectivity index (χ1n) is 6.61. The van der Waals surface area contributed by atoms with Crippen LogP contribution in [0.25, 0.3) is 0 Å². The molecule has 0 heterocycles. The molecule has 0 unspecified atom stereocenters. The van der Waals surface area contributed by atoms with E-state index in [1.54, 1.807) is 24.3 Å². The summed E-state index contributed by atoms with van der Waals surface area (Å²) in [6.45, 7) is 0. The van der Waals surface area contributed by atoms with Crippen molar-refractivity contribution in [2.75, 3.05) is 12.4 Å². The van der Waals surface area contributed by atoms with E-state index in [9.17, 15) is 14.4 Å². The molecular formula is C16H15N3O4. The van der Waals surface area contributed by atoms with E-state index in [1.807, 2.05) is 0 Å². The highest BCUT2D eigenvalue weighted by molar-refractivity contribution is 6.06. The molecule has 0 bridgehead atoms. The molecule has 0 saturated heterocycles. The molecular weight excluding hydrogens is 298 g/mol. The van der Waals surface area contributed by atoms with Crippen molar-refractivity contribution in [3.63, 3.8) is 0 Å². The Hall–Kier alpha value is -3.35. The van der Waals surface area contributed by atoms with Crippen LogP contribution in [0.3, 0.4) is 0 Å². The zero-order valence-electron chi connectivity index (χ0n) is 12.3. The lowest BCUT2D eigenvalue weighted by Crippen LogP contribution is -2.18. The van der Waals surface area contributed by atoms with Gasteiger partial charge in [-0.15, -0.1) is 0 Å². The normalized spacial score (nSPS) is 9.96. The van der Waals surface area contributed by atoms with Gasteiger partial charge in [-0.05, 0) is 42.5 Å². The minimum atomic E-state index is -0.729. The number of hydrogen-bond donors (Lipinski definition) is 3. The first kappa shape index (κ1) is 16.0. The lowest BCUT2D eigenvalue weighted by Gasteiger charge is -2.09. The Balaban J connectivity index is 2.28. The molecule has 0 fully saturated rings. The average molecular weight is 313 g/mol. The van der Waals surface area contributed by atoms with Gasteiger partial charge in [0.15, 0.2) is 0 Å². The standard InChI is InChI=1S/C16H15N3O4/c1-23-13-4-2-9(3-5-13)16(22)19-12-7-10(14(17)20)6-11(8-12)15(18)21/h2-8H,1H3,(H2,17,20)(H2,18,21)(H,19,22). The smallest absolute Gasteiger partial charge is 0.255 e. The Bertz CT molecular complexity index is 737. The molecule has 2 rings (SSSR count). The van der Waals surface area contributed by atoms with Gasteiger partial charge in [0.2, 0.25) is 11.8 Å². The van der Waals surface area contributed by atoms with E-state index < -0.39 is 17.7 Å². The second-order valence-electron chi connectivity index (χ2n) is 4.71. The van der Waals surface area contributed by atoms with Crippen LogP contribution < -0.4 is 21.5 Å². The number of primary amides is 2. The third kappa shape index (κ3) is 3.85. The van der Waals surface area contributed by atoms with Crippen LogP contribution in [0.1, 0.15) is 31.1 Å². The van der Waals surface area contributed by atoms with Gasteiger partial charge < -0.3 is 21.5 Å². The van der Waals surface area contributed by atoms with Crippen molar-refractivity contribution in [1.29, 1.82) is 0 Å². The summed E-state index contributed by atoms with van der Waals surface area (Å²) < 4.78 is 5.02. The summed E-state index contributed by atoms with van der Waals surface area (Å²) in [7, 11) is 1.52. The summed E-state index contributed by atoms with van der Waals surface area (Å²) in [6.07, 6.45) is 0. The van der Waals surface area contributed by atoms with E-state index >= 15 is 0 Å². The number of hydrogen-bond acceptors (Lipinski definition) is 4. The molecule has 0 spiro atoms. The number of rotatable bonds is 5. The Morgan fingerprint density at radius 1 is 0.870 bits per heavy atom. The van der Waals surface area contributed by atoms with Crippen LogP contribution in [0.5, 0.6) is 5.75 Å². The molecule has 0 atom stereocenters. The summed E-state index contributed by atoms with van der Waals surface area (Å²) in [4.78, 5) is 34.8. The monoisotopic (exact) mass is 313 g/mol. The highest BCUT2D eigenvalue weighted by atomic mass is 16.5. The Kier molecular flexibility index (Phi) is 4.61. The molecule has 0 radical (unpaired) electrons. The van der Waals surface area contributed by atoms with E-state index in [-0.39, 0.29) is 16.8 Å². The van der Waals surface area contributed by atoms with Gasteiger partial charge in [-0.2, -0.15) is 0 Å². The Morgan fingerprint density at radius 3 is 1.83 bits per heavy atom. The van der Waals surface area contributed by atoms with Crippen molar-refractivity contribution >= 4 is 23.4 Å². The quantitative estimate of drug-likeness (QED) is 0.765. The molecule has 0 aliphatic carbocycles. The van der Waals surface area contributed by atoms with E-state index in [2.05, 4.69) is 5.32 Å². The topological polar surface area (TPSA) is 125 Å². The number of ether oxygens (including phenoxy) is 1. The predicted octanol–water partition coefficient (Wildman–Crippen LogP) is 1.15. The van der Waals surface area contributed by atoms with Crippen molar-refractivity contribution < 1.29 is 19.1 Å². The molecule has 3 amide bonds. The van der Waals surface area contributed by atoms with Crippen molar-refractivity contribution in [2.45, 2.75) is 0 Å². The minimum Gasteiger partial charge on any atom is -0.497 e. The van der Waals surface area contributed by atoms with E-state index in [1.165, 1.54) is 25.3 Å². The number of benzene rings is 2. The highest BCUT2D eigenvalue weighted by Gasteiger charge is 2.12. The third-order valence-electron chi connectivity index (χ3n) is 3.11. The summed E-state index contributed by atoms with van der Waals surface area (Å²) in [6, 6.07) is 10.5. The zero-order valence-corrected chi connectivity index (χ0v) is 12.3. The number of methoxy groups -OCH3 is 1. The van der Waals surface area contributed by atoms with Crippen molar-refractivity contribution in [2.24, 2.45) is 11.5 Å². The van der Waals surface area contributed by atoms with Gasteiger partial charge in [0.05, 0.1) is 7.11 Å². The minimum absolute atomic E-state index is 0.0753. The van der Waals surface area contributed by atoms with Crippen molar-refractivity contribution in [1.82, 2.24) is 0 Å². The molecule has 2 aromatic rings. The molecule has 7 heteroatoms. The number of nitrogens with one attached hydrogen (secondary N) is 1. The first-order valence-corrected chi connectivity index (χ1v) is 6.61. The van der Waals surface area contributed by atoms with Gasteiger partial charge >= 0.3 is 0 Å². The summed E-state index contributed by atoms with van der Waals surface area (Å²) in [5, 5.41) is 2.59. The second-order valence-corrected chi connectivity index (χ2v) is 4.71. The molecule has 5 N–H and O–H groups in total. The van der Waals surface area contributed by atoms with Crippen LogP contribution in [0.4, 0.5) is 5.69 Å². The number of amides is 3. The number of carbonyl (C=O) groups excluding carboxylic acids is 3. The molecule has 0 aliphatic heterocycles. The van der Waals surface area contributed by atoms with E-state index in [0.29, 0.717) is 11.3 Å². The number of anilines is 1. The fourth-order valence-corrected chi connectivity index (χ4v) is 1.93. The Morgan fingerprint density at radius 2 is 1.39 bits per heavy atom. The van der Waals surface area contributed by atoms with Crippen LogP contribution in [-0.2, 0) is 0 Å². The van der Waals surface area contributed by atoms with E-state index in [0.717, 1.165) is 0 Å². The summed E-state index contributed by atoms with van der Waals surface area (Å²) >= 11 is 0. The van der Waals surface area contributed by atoms with Gasteiger partial charge in [-0.25, -0.2) is 0 Å². The van der Waals surface area contributed by atoms with Crippen LogP contribution in [-0.4, -0.2) is 24.8 Å². The van der Waals surface area contributed by atoms with Crippen molar-refractivity contribution in [3.8, 4) is 5.75 Å². The molecule has 2 aromatic carbocycles. The third-order valence-corrected chi connectivity index (χ3v) is 3.11. The molecule has 0 aromatic heterocycles. The predicted molar refractivity (Wildman–Crippen MR) is 84.4 cm³/mol. The molecule has 7 nitrogen and oxygen atoms in total. The molecule has 0 aliphatic rings. The lowest BCUT2D eigenvalue weighted by molar-refractivity contribution is 0.0994. The van der Waals surface area contributed by atoms with Crippen LogP contribution in [0.2, 0.25) is 0 Å². The average Bonchev–Trinajstić information content (AvgIpc) is 2.54. The first-order chi connectivity index (χ1) is 10.9. The lowest BCUT2D eigenvalue weighted by atomic mass is 10.1. The van der Waals surface area contributed by atoms with Crippen LogP contribution in [0, 0.1) is 0 Å². The van der Waals surface area contributed by atoms with Crippen LogP contribution >= 0.6 is 0 Å². The molecule has 118 valence electrons. The van der Waals surface area contributed by atoms with Gasteiger partial charge in [0, 0.05) is 22.4 Å². The Labute approximate surface area is 132 Å². The maximum absolute atomic E-state index is 12.2. The fraction of sp³-hybridized carbons (Fsp3) is 0.0625. The summed E-state index contributed by atoms with van der Waals surface area (Å²) in [5.74, 6) is -1.25. The fourth-order valence-electron chi connectivity index (χ4n) is 1.93. The second kappa shape index (κ2) is 6.61. The van der Waals surface area contributed by atoms with Gasteiger partial charge in [-0.1, -0.05) is 0 Å². The maximum Gasteiger partial charge on any atom is 0.255 e. The molecule has 0 saturated carbocycles. The van der Waals surface area contributed by atoms with Crippen molar-refractivity contribution in [3.05, 3.63) is 59.2 Å². The van der Waals surface area contributed by atoms with E-state index in [4.69, 9.17) is 16.2 Å². The number of nitrogens with two attached hydrogens (primary N) is 2. The highest BCUT2D eigenvalue weighted by Crippen LogP contribution is 2.17. The molecule has 23 heavy (non-hydrogen) atoms.